The zero-order chi connectivity index (χ0) is 29.7. The van der Waals surface area contributed by atoms with Gasteiger partial charge in [-0.15, -0.1) is 0 Å². The molecule has 2 aromatic heterocycles. The van der Waals surface area contributed by atoms with Gasteiger partial charge in [0.05, 0.1) is 22.1 Å². The van der Waals surface area contributed by atoms with Crippen molar-refractivity contribution in [2.24, 2.45) is 0 Å². The van der Waals surface area contributed by atoms with Gasteiger partial charge in [0, 0.05) is 32.9 Å². The van der Waals surface area contributed by atoms with Crippen LogP contribution in [0.3, 0.4) is 0 Å². The van der Waals surface area contributed by atoms with Crippen molar-refractivity contribution in [1.29, 1.82) is 0 Å². The zero-order valence-corrected chi connectivity index (χ0v) is 25.5. The molecule has 45 heavy (non-hydrogen) atoms. The lowest BCUT2D eigenvalue weighted by Crippen LogP contribution is -2.20. The number of benzene rings is 7. The Labute approximate surface area is 263 Å². The fraction of sp³-hybridized carbons (Fsp3) is 0. The molecule has 0 aliphatic heterocycles. The van der Waals surface area contributed by atoms with E-state index in [9.17, 15) is 0 Å². The maximum atomic E-state index is 2.44. The molecule has 0 unspecified atom stereocenters. The van der Waals surface area contributed by atoms with Crippen LogP contribution < -0.4 is 15.9 Å². The molecule has 0 N–H and O–H groups in total. The predicted octanol–water partition coefficient (Wildman–Crippen LogP) is 9.64. The van der Waals surface area contributed by atoms with Crippen molar-refractivity contribution in [2.45, 2.75) is 0 Å². The lowest BCUT2D eigenvalue weighted by atomic mass is 10.1. The first-order valence-electron chi connectivity index (χ1n) is 15.4. The molecule has 0 aliphatic carbocycles. The van der Waals surface area contributed by atoms with Gasteiger partial charge in [-0.25, -0.2) is 0 Å². The second-order valence-corrected chi connectivity index (χ2v) is 13.7. The van der Waals surface area contributed by atoms with E-state index in [2.05, 4.69) is 185 Å². The molecule has 0 spiro atoms. The van der Waals surface area contributed by atoms with E-state index in [1.165, 1.54) is 59.5 Å². The van der Waals surface area contributed by atoms with E-state index >= 15 is 0 Å². The van der Waals surface area contributed by atoms with Crippen LogP contribution >= 0.6 is 7.92 Å². The Morgan fingerprint density at radius 2 is 0.711 bits per heavy atom. The largest absolute Gasteiger partial charge is 0.309 e. The van der Waals surface area contributed by atoms with Crippen molar-refractivity contribution in [1.82, 2.24) is 9.13 Å². The highest BCUT2D eigenvalue weighted by molar-refractivity contribution is 7.79. The topological polar surface area (TPSA) is 9.86 Å². The van der Waals surface area contributed by atoms with Crippen molar-refractivity contribution in [3.63, 3.8) is 0 Å². The highest BCUT2D eigenvalue weighted by Crippen LogP contribution is 2.38. The molecule has 9 aromatic rings. The molecular formula is C42H29N2P. The highest BCUT2D eigenvalue weighted by Gasteiger charge is 2.20. The summed E-state index contributed by atoms with van der Waals surface area (Å²) in [5.41, 5.74) is 7.18. The fourth-order valence-electron chi connectivity index (χ4n) is 6.95. The summed E-state index contributed by atoms with van der Waals surface area (Å²) in [5, 5.41) is 9.18. The van der Waals surface area contributed by atoms with Crippen molar-refractivity contribution in [3.05, 3.63) is 176 Å². The summed E-state index contributed by atoms with van der Waals surface area (Å²) in [6.07, 6.45) is 0. The quantitative estimate of drug-likeness (QED) is 0.176. The third-order valence-electron chi connectivity index (χ3n) is 8.87. The lowest BCUT2D eigenvalue weighted by Gasteiger charge is -2.19. The van der Waals surface area contributed by atoms with Gasteiger partial charge >= 0.3 is 0 Å². The smallest absolute Gasteiger partial charge is 0.0541 e. The highest BCUT2D eigenvalue weighted by atomic mass is 31.1. The molecule has 3 heteroatoms. The summed E-state index contributed by atoms with van der Waals surface area (Å²) < 4.78 is 4.83. The van der Waals surface area contributed by atoms with Gasteiger partial charge in [0.25, 0.3) is 0 Å². The van der Waals surface area contributed by atoms with Gasteiger partial charge in [-0.3, -0.25) is 0 Å². The Kier molecular flexibility index (Phi) is 6.14. The van der Waals surface area contributed by atoms with E-state index in [1.54, 1.807) is 0 Å². The fourth-order valence-corrected chi connectivity index (χ4v) is 9.27. The third-order valence-corrected chi connectivity index (χ3v) is 11.3. The summed E-state index contributed by atoms with van der Waals surface area (Å²) in [7, 11) is -0.696. The standard InChI is InChI=1S/C42H29N2P/c1-3-16-32(17-4-1)45(33-18-5-2-6-19-33)34-26-27-42-38(29-34)37-22-9-12-25-41(37)44(42)31-15-13-14-30(28-31)43-39-23-10-7-20-35(39)36-21-8-11-24-40(36)43/h1-29H. The molecule has 0 saturated heterocycles. The van der Waals surface area contributed by atoms with Crippen LogP contribution in [0.5, 0.6) is 0 Å². The van der Waals surface area contributed by atoms with Gasteiger partial charge in [0.2, 0.25) is 0 Å². The molecule has 0 atom stereocenters. The maximum absolute atomic E-state index is 2.44. The molecule has 2 heterocycles. The summed E-state index contributed by atoms with van der Waals surface area (Å²) in [6, 6.07) is 64.2. The van der Waals surface area contributed by atoms with Gasteiger partial charge < -0.3 is 9.13 Å². The Morgan fingerprint density at radius 1 is 0.289 bits per heavy atom. The van der Waals surface area contributed by atoms with Gasteiger partial charge in [0.15, 0.2) is 0 Å². The maximum Gasteiger partial charge on any atom is 0.0541 e. The Balaban J connectivity index is 1.26. The SMILES string of the molecule is c1ccc(P(c2ccccc2)c2ccc3c(c2)c2ccccc2n3-c2cccc(-n3c4ccccc4c4ccccc43)c2)cc1. The molecular weight excluding hydrogens is 563 g/mol. The molecule has 212 valence electrons. The average Bonchev–Trinajstić information content (AvgIpc) is 3.62. The second-order valence-electron chi connectivity index (χ2n) is 11.5. The number of aromatic nitrogens is 2. The minimum Gasteiger partial charge on any atom is -0.309 e. The van der Waals surface area contributed by atoms with Crippen LogP contribution in [0.1, 0.15) is 0 Å². The number of hydrogen-bond acceptors (Lipinski definition) is 0. The summed E-state index contributed by atoms with van der Waals surface area (Å²) in [5.74, 6) is 0. The van der Waals surface area contributed by atoms with Crippen molar-refractivity contribution >= 4 is 67.4 Å². The molecule has 0 aliphatic rings. The molecule has 0 bridgehead atoms. The average molecular weight is 593 g/mol. The Hall–Kier alpha value is -5.43. The molecule has 0 saturated carbocycles. The minimum absolute atomic E-state index is 0.696. The molecule has 0 amide bonds. The van der Waals surface area contributed by atoms with E-state index in [1.807, 2.05) is 0 Å². The van der Waals surface area contributed by atoms with Gasteiger partial charge in [0.1, 0.15) is 0 Å². The van der Waals surface area contributed by atoms with Crippen LogP contribution in [-0.4, -0.2) is 9.13 Å². The number of para-hydroxylation sites is 3. The molecule has 9 rings (SSSR count). The first-order valence-corrected chi connectivity index (χ1v) is 16.7. The second kappa shape index (κ2) is 10.6. The van der Waals surface area contributed by atoms with Gasteiger partial charge in [-0.2, -0.15) is 0 Å². The van der Waals surface area contributed by atoms with E-state index in [4.69, 9.17) is 0 Å². The summed E-state index contributed by atoms with van der Waals surface area (Å²) in [6.45, 7) is 0. The zero-order valence-electron chi connectivity index (χ0n) is 24.6. The van der Waals surface area contributed by atoms with Crippen LogP contribution in [0.25, 0.3) is 55.0 Å². The molecule has 0 fully saturated rings. The van der Waals surface area contributed by atoms with Crippen molar-refractivity contribution in [2.75, 3.05) is 0 Å². The first-order chi connectivity index (χ1) is 22.3. The Bertz CT molecular complexity index is 2400. The minimum atomic E-state index is -0.696. The lowest BCUT2D eigenvalue weighted by molar-refractivity contribution is 1.13. The number of fused-ring (bicyclic) bond motifs is 6. The van der Waals surface area contributed by atoms with E-state index in [0.717, 1.165) is 11.4 Å². The van der Waals surface area contributed by atoms with E-state index in [-0.39, 0.29) is 0 Å². The van der Waals surface area contributed by atoms with Gasteiger partial charge in [-0.1, -0.05) is 127 Å². The predicted molar refractivity (Wildman–Crippen MR) is 194 cm³/mol. The molecule has 0 radical (unpaired) electrons. The number of hydrogen-bond donors (Lipinski definition) is 0. The van der Waals surface area contributed by atoms with E-state index < -0.39 is 7.92 Å². The molecule has 2 nitrogen and oxygen atoms in total. The van der Waals surface area contributed by atoms with Crippen molar-refractivity contribution in [3.8, 4) is 11.4 Å². The number of nitrogens with zero attached hydrogens (tertiary/aromatic N) is 2. The van der Waals surface area contributed by atoms with Crippen LogP contribution in [0.4, 0.5) is 0 Å². The molecule has 7 aromatic carbocycles. The monoisotopic (exact) mass is 592 g/mol. The summed E-state index contributed by atoms with van der Waals surface area (Å²) in [4.78, 5) is 0. The first kappa shape index (κ1) is 26.0. The summed E-state index contributed by atoms with van der Waals surface area (Å²) >= 11 is 0. The van der Waals surface area contributed by atoms with Crippen molar-refractivity contribution < 1.29 is 0 Å². The number of rotatable bonds is 5. The van der Waals surface area contributed by atoms with E-state index in [0.29, 0.717) is 0 Å². The third kappa shape index (κ3) is 4.22. The van der Waals surface area contributed by atoms with Crippen LogP contribution in [0.15, 0.2) is 176 Å². The van der Waals surface area contributed by atoms with Gasteiger partial charge in [-0.05, 0) is 72.4 Å². The van der Waals surface area contributed by atoms with Crippen LogP contribution in [-0.2, 0) is 0 Å². The normalized spacial score (nSPS) is 11.8. The van der Waals surface area contributed by atoms with Crippen LogP contribution in [0, 0.1) is 0 Å². The van der Waals surface area contributed by atoms with Crippen LogP contribution in [0.2, 0.25) is 0 Å². The Morgan fingerprint density at radius 3 is 1.22 bits per heavy atom.